The second-order valence-electron chi connectivity index (χ2n) is 4.48. The van der Waals surface area contributed by atoms with Crippen LogP contribution in [-0.2, 0) is 10.2 Å². The van der Waals surface area contributed by atoms with Crippen LogP contribution in [0.25, 0.3) is 11.3 Å². The fourth-order valence-electron chi connectivity index (χ4n) is 1.98. The van der Waals surface area contributed by atoms with Gasteiger partial charge in [0.25, 0.3) is 0 Å². The smallest absolute Gasteiger partial charge is 0.141 e. The standard InChI is InChI=1S/C13H14N4O/c14-7-13(8-18-9-13)12-16-6-3-11(17-12)10-1-4-15-5-2-10/h1-6H,7-9,14H2. The maximum atomic E-state index is 5.82. The molecule has 0 aromatic carbocycles. The van der Waals surface area contributed by atoms with Crippen LogP contribution in [0.5, 0.6) is 0 Å². The summed E-state index contributed by atoms with van der Waals surface area (Å²) in [6.07, 6.45) is 5.28. The maximum Gasteiger partial charge on any atom is 0.141 e. The van der Waals surface area contributed by atoms with Crippen molar-refractivity contribution >= 4 is 0 Å². The van der Waals surface area contributed by atoms with Crippen LogP contribution in [0.15, 0.2) is 36.8 Å². The number of nitrogens with zero attached hydrogens (tertiary/aromatic N) is 3. The monoisotopic (exact) mass is 242 g/mol. The van der Waals surface area contributed by atoms with Crippen LogP contribution >= 0.6 is 0 Å². The number of nitrogens with two attached hydrogens (primary N) is 1. The Hall–Kier alpha value is -1.85. The van der Waals surface area contributed by atoms with E-state index < -0.39 is 0 Å². The van der Waals surface area contributed by atoms with Gasteiger partial charge in [-0.3, -0.25) is 4.98 Å². The molecule has 18 heavy (non-hydrogen) atoms. The van der Waals surface area contributed by atoms with Crippen molar-refractivity contribution in [3.63, 3.8) is 0 Å². The van der Waals surface area contributed by atoms with Crippen molar-refractivity contribution < 1.29 is 4.74 Å². The van der Waals surface area contributed by atoms with Gasteiger partial charge in [0, 0.05) is 30.7 Å². The number of rotatable bonds is 3. The van der Waals surface area contributed by atoms with Gasteiger partial charge in [0.05, 0.1) is 24.3 Å². The lowest BCUT2D eigenvalue weighted by molar-refractivity contribution is -0.0593. The number of pyridine rings is 1. The summed E-state index contributed by atoms with van der Waals surface area (Å²) in [7, 11) is 0. The summed E-state index contributed by atoms with van der Waals surface area (Å²) in [5.41, 5.74) is 7.53. The van der Waals surface area contributed by atoms with Crippen LogP contribution in [0.3, 0.4) is 0 Å². The third-order valence-electron chi connectivity index (χ3n) is 3.25. The Balaban J connectivity index is 1.99. The summed E-state index contributed by atoms with van der Waals surface area (Å²) in [5.74, 6) is 0.769. The first-order chi connectivity index (χ1) is 8.84. The van der Waals surface area contributed by atoms with Gasteiger partial charge in [-0.2, -0.15) is 0 Å². The van der Waals surface area contributed by atoms with E-state index in [0.29, 0.717) is 19.8 Å². The van der Waals surface area contributed by atoms with Crippen molar-refractivity contribution in [3.8, 4) is 11.3 Å². The molecule has 2 aromatic rings. The zero-order valence-corrected chi connectivity index (χ0v) is 9.91. The first kappa shape index (κ1) is 11.3. The van der Waals surface area contributed by atoms with Crippen LogP contribution in [0.1, 0.15) is 5.82 Å². The fourth-order valence-corrected chi connectivity index (χ4v) is 1.98. The molecular formula is C13H14N4O. The van der Waals surface area contributed by atoms with E-state index in [9.17, 15) is 0 Å². The fraction of sp³-hybridized carbons (Fsp3) is 0.308. The molecule has 0 spiro atoms. The second-order valence-corrected chi connectivity index (χ2v) is 4.48. The molecule has 3 heterocycles. The Labute approximate surface area is 105 Å². The molecule has 92 valence electrons. The highest BCUT2D eigenvalue weighted by Gasteiger charge is 2.42. The zero-order valence-electron chi connectivity index (χ0n) is 9.91. The van der Waals surface area contributed by atoms with Crippen molar-refractivity contribution in [2.75, 3.05) is 19.8 Å². The lowest BCUT2D eigenvalue weighted by Crippen LogP contribution is -2.53. The predicted octanol–water partition coefficient (Wildman–Crippen LogP) is 0.765. The van der Waals surface area contributed by atoms with Crippen LogP contribution in [0, 0.1) is 0 Å². The summed E-state index contributed by atoms with van der Waals surface area (Å²) in [6.45, 7) is 1.71. The Kier molecular flexibility index (Phi) is 2.77. The van der Waals surface area contributed by atoms with Crippen molar-refractivity contribution in [1.29, 1.82) is 0 Å². The summed E-state index contributed by atoms with van der Waals surface area (Å²) in [6, 6.07) is 5.75. The van der Waals surface area contributed by atoms with E-state index in [2.05, 4.69) is 15.0 Å². The molecule has 5 nitrogen and oxygen atoms in total. The van der Waals surface area contributed by atoms with Gasteiger partial charge in [0.2, 0.25) is 0 Å². The molecule has 0 atom stereocenters. The number of ether oxygens (including phenoxy) is 1. The third-order valence-corrected chi connectivity index (χ3v) is 3.25. The van der Waals surface area contributed by atoms with Gasteiger partial charge < -0.3 is 10.5 Å². The normalized spacial score (nSPS) is 17.2. The van der Waals surface area contributed by atoms with E-state index in [1.165, 1.54) is 0 Å². The summed E-state index contributed by atoms with van der Waals surface area (Å²) in [4.78, 5) is 13.0. The van der Waals surface area contributed by atoms with Crippen LogP contribution < -0.4 is 5.73 Å². The zero-order chi connectivity index (χ0) is 12.4. The Morgan fingerprint density at radius 1 is 1.17 bits per heavy atom. The molecule has 2 aromatic heterocycles. The Bertz CT molecular complexity index is 534. The predicted molar refractivity (Wildman–Crippen MR) is 66.8 cm³/mol. The highest BCUT2D eigenvalue weighted by atomic mass is 16.5. The van der Waals surface area contributed by atoms with Gasteiger partial charge in [0.1, 0.15) is 5.82 Å². The molecule has 0 saturated carbocycles. The summed E-state index contributed by atoms with van der Waals surface area (Å²) < 4.78 is 5.26. The minimum atomic E-state index is -0.205. The number of aromatic nitrogens is 3. The molecular weight excluding hydrogens is 228 g/mol. The van der Waals surface area contributed by atoms with E-state index in [1.807, 2.05) is 18.2 Å². The van der Waals surface area contributed by atoms with Gasteiger partial charge in [-0.15, -0.1) is 0 Å². The molecule has 2 N–H and O–H groups in total. The molecule has 0 aliphatic carbocycles. The molecule has 0 amide bonds. The molecule has 0 radical (unpaired) electrons. The van der Waals surface area contributed by atoms with Crippen molar-refractivity contribution in [3.05, 3.63) is 42.6 Å². The minimum Gasteiger partial charge on any atom is -0.379 e. The van der Waals surface area contributed by atoms with Gasteiger partial charge in [-0.25, -0.2) is 9.97 Å². The van der Waals surface area contributed by atoms with Gasteiger partial charge in [-0.1, -0.05) is 0 Å². The van der Waals surface area contributed by atoms with Crippen molar-refractivity contribution in [1.82, 2.24) is 15.0 Å². The first-order valence-corrected chi connectivity index (χ1v) is 5.86. The highest BCUT2D eigenvalue weighted by molar-refractivity contribution is 5.57. The van der Waals surface area contributed by atoms with Crippen LogP contribution in [-0.4, -0.2) is 34.7 Å². The van der Waals surface area contributed by atoms with E-state index in [-0.39, 0.29) is 5.41 Å². The molecule has 0 bridgehead atoms. The Morgan fingerprint density at radius 3 is 2.56 bits per heavy atom. The Morgan fingerprint density at radius 2 is 1.94 bits per heavy atom. The van der Waals surface area contributed by atoms with E-state index in [0.717, 1.165) is 17.1 Å². The molecule has 1 saturated heterocycles. The van der Waals surface area contributed by atoms with Crippen LogP contribution in [0.2, 0.25) is 0 Å². The first-order valence-electron chi connectivity index (χ1n) is 5.86. The topological polar surface area (TPSA) is 73.9 Å². The molecule has 1 aliphatic rings. The van der Waals surface area contributed by atoms with Gasteiger partial charge in [-0.05, 0) is 18.2 Å². The SMILES string of the molecule is NCC1(c2nccc(-c3ccncc3)n2)COC1. The maximum absolute atomic E-state index is 5.82. The summed E-state index contributed by atoms with van der Waals surface area (Å²) in [5, 5.41) is 0. The average Bonchev–Trinajstić information content (AvgIpc) is 2.40. The second kappa shape index (κ2) is 4.44. The highest BCUT2D eigenvalue weighted by Crippen LogP contribution is 2.29. The lowest BCUT2D eigenvalue weighted by atomic mass is 9.85. The van der Waals surface area contributed by atoms with Crippen LogP contribution in [0.4, 0.5) is 0 Å². The summed E-state index contributed by atoms with van der Waals surface area (Å²) >= 11 is 0. The molecule has 3 rings (SSSR count). The molecule has 0 unspecified atom stereocenters. The number of hydrogen-bond donors (Lipinski definition) is 1. The molecule has 1 aliphatic heterocycles. The van der Waals surface area contributed by atoms with Gasteiger partial charge in [0.15, 0.2) is 0 Å². The average molecular weight is 242 g/mol. The van der Waals surface area contributed by atoms with Crippen molar-refractivity contribution in [2.24, 2.45) is 5.73 Å². The van der Waals surface area contributed by atoms with E-state index >= 15 is 0 Å². The number of hydrogen-bond acceptors (Lipinski definition) is 5. The van der Waals surface area contributed by atoms with E-state index in [1.54, 1.807) is 18.6 Å². The molecule has 1 fully saturated rings. The van der Waals surface area contributed by atoms with E-state index in [4.69, 9.17) is 10.5 Å². The largest absolute Gasteiger partial charge is 0.379 e. The van der Waals surface area contributed by atoms with Gasteiger partial charge >= 0.3 is 0 Å². The third kappa shape index (κ3) is 1.77. The minimum absolute atomic E-state index is 0.205. The molecule has 5 heteroatoms. The quantitative estimate of drug-likeness (QED) is 0.860. The van der Waals surface area contributed by atoms with Crippen molar-refractivity contribution in [2.45, 2.75) is 5.41 Å². The lowest BCUT2D eigenvalue weighted by Gasteiger charge is -2.38.